The number of aromatic carboxylic acids is 1. The standard InChI is InChI=1S/C11H12FNO4S/c1-13(2)10(14)6-18(17)7-3-4-9(12)8(5-7)11(15)16/h3-5H,6H2,1-2H3,(H,15,16). The van der Waals surface area contributed by atoms with E-state index in [4.69, 9.17) is 5.11 Å². The molecule has 1 aromatic carbocycles. The van der Waals surface area contributed by atoms with Crippen LogP contribution >= 0.6 is 0 Å². The molecule has 0 aliphatic rings. The molecule has 0 aliphatic heterocycles. The van der Waals surface area contributed by atoms with Crippen LogP contribution in [0.25, 0.3) is 0 Å². The number of rotatable bonds is 4. The first kappa shape index (κ1) is 14.3. The fourth-order valence-electron chi connectivity index (χ4n) is 1.13. The minimum absolute atomic E-state index is 0.115. The predicted molar refractivity (Wildman–Crippen MR) is 63.3 cm³/mol. The number of carboxylic acids is 1. The van der Waals surface area contributed by atoms with E-state index in [1.54, 1.807) is 0 Å². The van der Waals surface area contributed by atoms with Gasteiger partial charge in [-0.25, -0.2) is 9.18 Å². The number of carboxylic acid groups (broad SMARTS) is 1. The highest BCUT2D eigenvalue weighted by molar-refractivity contribution is 7.85. The fourth-order valence-corrected chi connectivity index (χ4v) is 2.25. The molecule has 0 aliphatic carbocycles. The Morgan fingerprint density at radius 2 is 2.00 bits per heavy atom. The summed E-state index contributed by atoms with van der Waals surface area (Å²) in [7, 11) is 1.35. The van der Waals surface area contributed by atoms with Crippen LogP contribution < -0.4 is 0 Å². The minimum Gasteiger partial charge on any atom is -0.478 e. The summed E-state index contributed by atoms with van der Waals surface area (Å²) in [6.07, 6.45) is 0. The highest BCUT2D eigenvalue weighted by atomic mass is 32.2. The molecular formula is C11H12FNO4S. The first-order valence-corrected chi connectivity index (χ1v) is 6.26. The van der Waals surface area contributed by atoms with Crippen molar-refractivity contribution < 1.29 is 23.3 Å². The third-order valence-corrected chi connectivity index (χ3v) is 3.47. The number of hydrogen-bond donors (Lipinski definition) is 1. The van der Waals surface area contributed by atoms with Crippen LogP contribution in [0, 0.1) is 5.82 Å². The maximum Gasteiger partial charge on any atom is 0.338 e. The summed E-state index contributed by atoms with van der Waals surface area (Å²) in [5.74, 6) is -2.96. The Kier molecular flexibility index (Phi) is 4.55. The summed E-state index contributed by atoms with van der Waals surface area (Å²) in [5.41, 5.74) is -0.557. The van der Waals surface area contributed by atoms with Crippen LogP contribution in [0.15, 0.2) is 23.1 Å². The van der Waals surface area contributed by atoms with E-state index in [0.717, 1.165) is 12.1 Å². The van der Waals surface area contributed by atoms with Crippen LogP contribution in [-0.2, 0) is 15.6 Å². The third kappa shape index (κ3) is 3.36. The van der Waals surface area contributed by atoms with Crippen LogP contribution in [0.4, 0.5) is 4.39 Å². The fraction of sp³-hybridized carbons (Fsp3) is 0.273. The second kappa shape index (κ2) is 5.72. The molecule has 0 saturated heterocycles. The lowest BCUT2D eigenvalue weighted by atomic mass is 10.2. The predicted octanol–water partition coefficient (Wildman–Crippen LogP) is 0.720. The topological polar surface area (TPSA) is 74.7 Å². The molecule has 0 bridgehead atoms. The monoisotopic (exact) mass is 273 g/mol. The van der Waals surface area contributed by atoms with E-state index in [9.17, 15) is 18.2 Å². The van der Waals surface area contributed by atoms with Crippen molar-refractivity contribution in [2.75, 3.05) is 19.8 Å². The lowest BCUT2D eigenvalue weighted by molar-refractivity contribution is -0.125. The molecule has 0 radical (unpaired) electrons. The zero-order chi connectivity index (χ0) is 13.9. The Morgan fingerprint density at radius 3 is 2.50 bits per heavy atom. The second-order valence-electron chi connectivity index (χ2n) is 3.72. The second-order valence-corrected chi connectivity index (χ2v) is 5.18. The molecule has 18 heavy (non-hydrogen) atoms. The van der Waals surface area contributed by atoms with Crippen molar-refractivity contribution in [3.63, 3.8) is 0 Å². The lowest BCUT2D eigenvalue weighted by Gasteiger charge is -2.10. The smallest absolute Gasteiger partial charge is 0.338 e. The Bertz CT molecular complexity index is 516. The van der Waals surface area contributed by atoms with Crippen molar-refractivity contribution in [2.45, 2.75) is 4.90 Å². The average Bonchev–Trinajstić information content (AvgIpc) is 2.28. The third-order valence-electron chi connectivity index (χ3n) is 2.18. The summed E-state index contributed by atoms with van der Waals surface area (Å²) in [5, 5.41) is 8.73. The van der Waals surface area contributed by atoms with Crippen molar-refractivity contribution in [3.05, 3.63) is 29.6 Å². The first-order chi connectivity index (χ1) is 8.32. The molecule has 7 heteroatoms. The molecule has 1 atom stereocenters. The maximum atomic E-state index is 13.1. The molecule has 0 heterocycles. The summed E-state index contributed by atoms with van der Waals surface area (Å²) in [6, 6.07) is 3.12. The molecule has 0 aromatic heterocycles. The van der Waals surface area contributed by atoms with E-state index in [2.05, 4.69) is 0 Å². The van der Waals surface area contributed by atoms with Crippen molar-refractivity contribution in [3.8, 4) is 0 Å². The largest absolute Gasteiger partial charge is 0.478 e. The highest BCUT2D eigenvalue weighted by Gasteiger charge is 2.16. The average molecular weight is 273 g/mol. The van der Waals surface area contributed by atoms with Gasteiger partial charge in [-0.05, 0) is 18.2 Å². The molecule has 0 fully saturated rings. The molecule has 1 unspecified atom stereocenters. The van der Waals surface area contributed by atoms with E-state index < -0.39 is 28.1 Å². The SMILES string of the molecule is CN(C)C(=O)CS(=O)c1ccc(F)c(C(=O)O)c1. The van der Waals surface area contributed by atoms with Gasteiger partial charge in [-0.15, -0.1) is 0 Å². The zero-order valence-corrected chi connectivity index (χ0v) is 10.7. The number of benzene rings is 1. The van der Waals surface area contributed by atoms with Gasteiger partial charge in [0.1, 0.15) is 11.6 Å². The highest BCUT2D eigenvalue weighted by Crippen LogP contribution is 2.14. The van der Waals surface area contributed by atoms with E-state index in [-0.39, 0.29) is 16.6 Å². The number of amides is 1. The van der Waals surface area contributed by atoms with Gasteiger partial charge in [-0.1, -0.05) is 0 Å². The van der Waals surface area contributed by atoms with Crippen molar-refractivity contribution in [1.29, 1.82) is 0 Å². The Balaban J connectivity index is 2.97. The van der Waals surface area contributed by atoms with Crippen LogP contribution in [0.2, 0.25) is 0 Å². The van der Waals surface area contributed by atoms with Gasteiger partial charge in [0.05, 0.1) is 16.4 Å². The number of carbonyl (C=O) groups is 2. The van der Waals surface area contributed by atoms with Gasteiger partial charge < -0.3 is 10.0 Å². The molecule has 1 rings (SSSR count). The molecule has 0 spiro atoms. The van der Waals surface area contributed by atoms with Crippen molar-refractivity contribution in [1.82, 2.24) is 4.90 Å². The van der Waals surface area contributed by atoms with Gasteiger partial charge in [0.15, 0.2) is 0 Å². The summed E-state index contributed by atoms with van der Waals surface area (Å²) in [4.78, 5) is 23.5. The van der Waals surface area contributed by atoms with Gasteiger partial charge in [-0.3, -0.25) is 9.00 Å². The molecular weight excluding hydrogens is 261 g/mol. The van der Waals surface area contributed by atoms with E-state index >= 15 is 0 Å². The number of carbonyl (C=O) groups excluding carboxylic acids is 1. The summed E-state index contributed by atoms with van der Waals surface area (Å²) >= 11 is 0. The Hall–Kier alpha value is -1.76. The van der Waals surface area contributed by atoms with Gasteiger partial charge in [-0.2, -0.15) is 0 Å². The molecule has 1 N–H and O–H groups in total. The van der Waals surface area contributed by atoms with Gasteiger partial charge >= 0.3 is 5.97 Å². The normalized spacial score (nSPS) is 11.9. The van der Waals surface area contributed by atoms with E-state index in [1.165, 1.54) is 25.1 Å². The van der Waals surface area contributed by atoms with Gasteiger partial charge in [0.2, 0.25) is 5.91 Å². The lowest BCUT2D eigenvalue weighted by Crippen LogP contribution is -2.27. The summed E-state index contributed by atoms with van der Waals surface area (Å²) in [6.45, 7) is 0. The molecule has 98 valence electrons. The molecule has 0 saturated carbocycles. The molecule has 1 aromatic rings. The van der Waals surface area contributed by atoms with E-state index in [0.29, 0.717) is 0 Å². The van der Waals surface area contributed by atoms with Crippen molar-refractivity contribution in [2.24, 2.45) is 0 Å². The van der Waals surface area contributed by atoms with Crippen LogP contribution in [0.3, 0.4) is 0 Å². The number of hydrogen-bond acceptors (Lipinski definition) is 3. The van der Waals surface area contributed by atoms with Gasteiger partial charge in [0, 0.05) is 19.0 Å². The minimum atomic E-state index is -1.69. The first-order valence-electron chi connectivity index (χ1n) is 4.94. The van der Waals surface area contributed by atoms with E-state index in [1.807, 2.05) is 0 Å². The quantitative estimate of drug-likeness (QED) is 0.877. The summed E-state index contributed by atoms with van der Waals surface area (Å²) < 4.78 is 24.9. The Labute approximate surface area is 106 Å². The van der Waals surface area contributed by atoms with Gasteiger partial charge in [0.25, 0.3) is 0 Å². The maximum absolute atomic E-state index is 13.1. The number of halogens is 1. The number of nitrogens with zero attached hydrogens (tertiary/aromatic N) is 1. The zero-order valence-electron chi connectivity index (χ0n) is 9.84. The van der Waals surface area contributed by atoms with Crippen LogP contribution in [0.1, 0.15) is 10.4 Å². The molecule has 5 nitrogen and oxygen atoms in total. The molecule has 1 amide bonds. The van der Waals surface area contributed by atoms with Crippen LogP contribution in [-0.4, -0.2) is 45.9 Å². The van der Waals surface area contributed by atoms with Crippen molar-refractivity contribution >= 4 is 22.7 Å². The Morgan fingerprint density at radius 1 is 1.39 bits per heavy atom. The van der Waals surface area contributed by atoms with Crippen LogP contribution in [0.5, 0.6) is 0 Å².